The average molecular weight is 207 g/mol. The quantitative estimate of drug-likeness (QED) is 0.795. The Bertz CT molecular complexity index is 531. The number of fused-ring (bicyclic) bond motifs is 1. The fraction of sp³-hybridized carbons (Fsp3) is 0.182. The minimum atomic E-state index is -1.28. The molecule has 78 valence electrons. The molecule has 0 aliphatic rings. The molecule has 2 aromatic rings. The van der Waals surface area contributed by atoms with E-state index >= 15 is 0 Å². The minimum Gasteiger partial charge on any atom is -0.476 e. The van der Waals surface area contributed by atoms with Crippen LogP contribution in [0.2, 0.25) is 0 Å². The van der Waals surface area contributed by atoms with E-state index in [4.69, 9.17) is 5.11 Å². The highest BCUT2D eigenvalue weighted by Crippen LogP contribution is 2.22. The molecule has 1 aromatic carbocycles. The van der Waals surface area contributed by atoms with Crippen LogP contribution in [0.15, 0.2) is 18.2 Å². The highest BCUT2D eigenvalue weighted by Gasteiger charge is 2.16. The van der Waals surface area contributed by atoms with Gasteiger partial charge >= 0.3 is 5.97 Å². The summed E-state index contributed by atoms with van der Waals surface area (Å²) in [6.07, 6.45) is 0.795. The van der Waals surface area contributed by atoms with Crippen molar-refractivity contribution in [2.75, 3.05) is 0 Å². The number of halogens is 1. The smallest absolute Gasteiger partial charge is 0.355 e. The molecule has 0 spiro atoms. The number of H-pyrrole nitrogens is 1. The number of nitrogens with one attached hydrogen (secondary N) is 1. The molecule has 15 heavy (non-hydrogen) atoms. The van der Waals surface area contributed by atoms with Crippen molar-refractivity contribution in [2.24, 2.45) is 0 Å². The van der Waals surface area contributed by atoms with Gasteiger partial charge in [0.1, 0.15) is 0 Å². The standard InChI is InChI=1S/C11H10FNO2/c1-2-6-3-4-8-7(5-6)9(12)10(13-8)11(14)15/h3-5,13H,2H2,1H3,(H,14,15). The lowest BCUT2D eigenvalue weighted by Gasteiger charge is -1.95. The Morgan fingerprint density at radius 2 is 2.27 bits per heavy atom. The number of aromatic amines is 1. The molecule has 2 rings (SSSR count). The van der Waals surface area contributed by atoms with Gasteiger partial charge in [0.15, 0.2) is 11.5 Å². The van der Waals surface area contributed by atoms with Gasteiger partial charge in [-0.05, 0) is 24.1 Å². The van der Waals surface area contributed by atoms with Crippen LogP contribution in [0.25, 0.3) is 10.9 Å². The van der Waals surface area contributed by atoms with E-state index in [9.17, 15) is 9.18 Å². The number of carboxylic acids is 1. The lowest BCUT2D eigenvalue weighted by molar-refractivity contribution is 0.0686. The number of hydrogen-bond donors (Lipinski definition) is 2. The van der Waals surface area contributed by atoms with Crippen molar-refractivity contribution in [1.29, 1.82) is 0 Å². The van der Waals surface area contributed by atoms with E-state index in [1.54, 1.807) is 12.1 Å². The molecular weight excluding hydrogens is 197 g/mol. The highest BCUT2D eigenvalue weighted by molar-refractivity contribution is 5.94. The molecule has 0 amide bonds. The van der Waals surface area contributed by atoms with Crippen molar-refractivity contribution >= 4 is 16.9 Å². The van der Waals surface area contributed by atoms with Crippen LogP contribution in [0.5, 0.6) is 0 Å². The highest BCUT2D eigenvalue weighted by atomic mass is 19.1. The first kappa shape index (κ1) is 9.71. The minimum absolute atomic E-state index is 0.340. The topological polar surface area (TPSA) is 53.1 Å². The number of aromatic carboxylic acids is 1. The number of rotatable bonds is 2. The molecular formula is C11H10FNO2. The summed E-state index contributed by atoms with van der Waals surface area (Å²) in [5.74, 6) is -1.96. The molecule has 0 aliphatic heterocycles. The van der Waals surface area contributed by atoms with Crippen LogP contribution in [0, 0.1) is 5.82 Å². The molecule has 3 nitrogen and oxygen atoms in total. The Morgan fingerprint density at radius 3 is 2.87 bits per heavy atom. The molecule has 1 aromatic heterocycles. The first-order valence-electron chi connectivity index (χ1n) is 4.67. The van der Waals surface area contributed by atoms with E-state index in [0.29, 0.717) is 10.9 Å². The lowest BCUT2D eigenvalue weighted by Crippen LogP contribution is -1.98. The fourth-order valence-electron chi connectivity index (χ4n) is 1.57. The third-order valence-corrected chi connectivity index (χ3v) is 2.42. The van der Waals surface area contributed by atoms with E-state index < -0.39 is 11.8 Å². The molecule has 0 aliphatic carbocycles. The van der Waals surface area contributed by atoms with Gasteiger partial charge in [0.2, 0.25) is 0 Å². The van der Waals surface area contributed by atoms with Gasteiger partial charge in [-0.1, -0.05) is 13.0 Å². The Morgan fingerprint density at radius 1 is 1.53 bits per heavy atom. The second-order valence-corrected chi connectivity index (χ2v) is 3.35. The van der Waals surface area contributed by atoms with Crippen LogP contribution >= 0.6 is 0 Å². The fourth-order valence-corrected chi connectivity index (χ4v) is 1.57. The van der Waals surface area contributed by atoms with Crippen molar-refractivity contribution in [3.05, 3.63) is 35.3 Å². The molecule has 0 bridgehead atoms. The molecule has 0 radical (unpaired) electrons. The zero-order chi connectivity index (χ0) is 11.0. The Balaban J connectivity index is 2.72. The van der Waals surface area contributed by atoms with Crippen molar-refractivity contribution < 1.29 is 14.3 Å². The molecule has 2 N–H and O–H groups in total. The molecule has 4 heteroatoms. The molecule has 0 atom stereocenters. The summed E-state index contributed by atoms with van der Waals surface area (Å²) in [4.78, 5) is 13.2. The normalized spacial score (nSPS) is 10.8. The summed E-state index contributed by atoms with van der Waals surface area (Å²) in [5, 5.41) is 9.06. The van der Waals surface area contributed by atoms with E-state index in [-0.39, 0.29) is 5.69 Å². The maximum atomic E-state index is 13.6. The van der Waals surface area contributed by atoms with Gasteiger partial charge < -0.3 is 10.1 Å². The van der Waals surface area contributed by atoms with Gasteiger partial charge in [-0.2, -0.15) is 0 Å². The summed E-state index contributed by atoms with van der Waals surface area (Å²) in [5.41, 5.74) is 1.12. The monoisotopic (exact) mass is 207 g/mol. The third kappa shape index (κ3) is 1.48. The Kier molecular flexibility index (Phi) is 2.19. The number of carbonyl (C=O) groups is 1. The van der Waals surface area contributed by atoms with E-state index in [2.05, 4.69) is 4.98 Å². The first-order valence-corrected chi connectivity index (χ1v) is 4.67. The van der Waals surface area contributed by atoms with Gasteiger partial charge in [-0.25, -0.2) is 9.18 Å². The predicted octanol–water partition coefficient (Wildman–Crippen LogP) is 2.57. The molecule has 0 unspecified atom stereocenters. The number of aromatic nitrogens is 1. The average Bonchev–Trinajstić information content (AvgIpc) is 2.56. The lowest BCUT2D eigenvalue weighted by atomic mass is 10.1. The van der Waals surface area contributed by atoms with Gasteiger partial charge in [0.25, 0.3) is 0 Å². The van der Waals surface area contributed by atoms with Crippen LogP contribution in [-0.2, 0) is 6.42 Å². The second kappa shape index (κ2) is 3.38. The maximum absolute atomic E-state index is 13.6. The van der Waals surface area contributed by atoms with E-state index in [1.165, 1.54) is 0 Å². The molecule has 1 heterocycles. The number of benzene rings is 1. The van der Waals surface area contributed by atoms with Crippen molar-refractivity contribution in [3.8, 4) is 0 Å². The Labute approximate surface area is 85.5 Å². The van der Waals surface area contributed by atoms with E-state index in [1.807, 2.05) is 13.0 Å². The van der Waals surface area contributed by atoms with Crippen LogP contribution in [0.3, 0.4) is 0 Å². The van der Waals surface area contributed by atoms with E-state index in [0.717, 1.165) is 12.0 Å². The van der Waals surface area contributed by atoms with Gasteiger partial charge in [-0.15, -0.1) is 0 Å². The second-order valence-electron chi connectivity index (χ2n) is 3.35. The number of carboxylic acid groups (broad SMARTS) is 1. The summed E-state index contributed by atoms with van der Waals surface area (Å²) >= 11 is 0. The van der Waals surface area contributed by atoms with Crippen LogP contribution in [0.4, 0.5) is 4.39 Å². The zero-order valence-corrected chi connectivity index (χ0v) is 8.17. The maximum Gasteiger partial charge on any atom is 0.355 e. The number of hydrogen-bond acceptors (Lipinski definition) is 1. The molecule has 0 saturated carbocycles. The van der Waals surface area contributed by atoms with Gasteiger partial charge in [0, 0.05) is 10.9 Å². The van der Waals surface area contributed by atoms with Crippen molar-refractivity contribution in [3.63, 3.8) is 0 Å². The largest absolute Gasteiger partial charge is 0.476 e. The summed E-state index contributed by atoms with van der Waals surface area (Å²) in [6.45, 7) is 1.96. The SMILES string of the molecule is CCc1ccc2[nH]c(C(=O)O)c(F)c2c1. The number of aryl methyl sites for hydroxylation is 1. The molecule has 0 saturated heterocycles. The van der Waals surface area contributed by atoms with Crippen LogP contribution < -0.4 is 0 Å². The zero-order valence-electron chi connectivity index (χ0n) is 8.17. The predicted molar refractivity (Wildman–Crippen MR) is 54.6 cm³/mol. The summed E-state index contributed by atoms with van der Waals surface area (Å²) < 4.78 is 13.6. The first-order chi connectivity index (χ1) is 7.13. The van der Waals surface area contributed by atoms with Gasteiger partial charge in [0.05, 0.1) is 0 Å². The van der Waals surface area contributed by atoms with Crippen LogP contribution in [0.1, 0.15) is 23.0 Å². The van der Waals surface area contributed by atoms with Crippen LogP contribution in [-0.4, -0.2) is 16.1 Å². The summed E-state index contributed by atoms with van der Waals surface area (Å²) in [6, 6.07) is 5.22. The van der Waals surface area contributed by atoms with Crippen molar-refractivity contribution in [2.45, 2.75) is 13.3 Å². The van der Waals surface area contributed by atoms with Gasteiger partial charge in [-0.3, -0.25) is 0 Å². The summed E-state index contributed by atoms with van der Waals surface area (Å²) in [7, 11) is 0. The Hall–Kier alpha value is -1.84. The molecule has 0 fully saturated rings. The third-order valence-electron chi connectivity index (χ3n) is 2.42. The van der Waals surface area contributed by atoms with Crippen molar-refractivity contribution in [1.82, 2.24) is 4.98 Å².